The summed E-state index contributed by atoms with van der Waals surface area (Å²) < 4.78 is 13.3. The van der Waals surface area contributed by atoms with Gasteiger partial charge in [-0.25, -0.2) is 0 Å². The second-order valence-electron chi connectivity index (χ2n) is 13.9. The first-order valence-electron chi connectivity index (χ1n) is 17.6. The van der Waals surface area contributed by atoms with Gasteiger partial charge in [-0.15, -0.1) is 0 Å². The molecule has 0 bridgehead atoms. The molecule has 2 aliphatic rings. The van der Waals surface area contributed by atoms with Gasteiger partial charge in [0.1, 0.15) is 22.3 Å². The van der Waals surface area contributed by atoms with E-state index in [1.807, 2.05) is 12.1 Å². The van der Waals surface area contributed by atoms with Crippen molar-refractivity contribution in [3.8, 4) is 44.5 Å². The molecule has 1 spiro atoms. The van der Waals surface area contributed by atoms with Crippen LogP contribution in [0, 0.1) is 0 Å². The number of hydrogen-bond donors (Lipinski definition) is 0. The van der Waals surface area contributed by atoms with Crippen LogP contribution in [-0.2, 0) is 5.41 Å². The lowest BCUT2D eigenvalue weighted by Gasteiger charge is -2.31. The zero-order valence-electron chi connectivity index (χ0n) is 27.5. The highest BCUT2D eigenvalue weighted by molar-refractivity contribution is 6.19. The molecule has 0 saturated heterocycles. The van der Waals surface area contributed by atoms with E-state index >= 15 is 0 Å². The van der Waals surface area contributed by atoms with Crippen molar-refractivity contribution in [1.82, 2.24) is 0 Å². The number of rotatable bonds is 2. The fourth-order valence-electron chi connectivity index (χ4n) is 9.43. The molecule has 2 heteroatoms. The fraction of sp³-hybridized carbons (Fsp3) is 0.0204. The molecule has 0 saturated carbocycles. The van der Waals surface area contributed by atoms with Crippen molar-refractivity contribution in [3.63, 3.8) is 0 Å². The second-order valence-corrected chi connectivity index (χ2v) is 13.9. The third-order valence-corrected chi connectivity index (χ3v) is 11.5. The zero-order chi connectivity index (χ0) is 33.3. The Morgan fingerprint density at radius 2 is 0.941 bits per heavy atom. The molecular weight excluding hydrogens is 621 g/mol. The van der Waals surface area contributed by atoms with Crippen LogP contribution in [0.25, 0.3) is 88.4 Å². The molecule has 2 nitrogen and oxygen atoms in total. The van der Waals surface area contributed by atoms with Crippen LogP contribution in [0.2, 0.25) is 0 Å². The molecule has 0 atom stereocenters. The summed E-state index contributed by atoms with van der Waals surface area (Å²) in [5.74, 6) is 0. The Morgan fingerprint density at radius 1 is 0.333 bits per heavy atom. The van der Waals surface area contributed by atoms with Gasteiger partial charge in [-0.05, 0) is 97.6 Å². The maximum Gasteiger partial charge on any atom is 0.144 e. The quantitative estimate of drug-likeness (QED) is 0.186. The normalized spacial score (nSPS) is 13.6. The van der Waals surface area contributed by atoms with Gasteiger partial charge in [0, 0.05) is 27.1 Å². The second kappa shape index (κ2) is 9.74. The topological polar surface area (TPSA) is 26.3 Å². The summed E-state index contributed by atoms with van der Waals surface area (Å²) in [6, 6.07) is 61.7. The third-order valence-electron chi connectivity index (χ3n) is 11.5. The average Bonchev–Trinajstić information content (AvgIpc) is 3.92. The Kier molecular flexibility index (Phi) is 5.20. The lowest BCUT2D eigenvalue weighted by molar-refractivity contribution is 0.668. The van der Waals surface area contributed by atoms with E-state index in [2.05, 4.69) is 158 Å². The number of para-hydroxylation sites is 2. The largest absolute Gasteiger partial charge is 0.456 e. The number of fused-ring (bicyclic) bond motifs is 17. The standard InChI is InChI=1S/C49H28O2/c1-2-12-29(13-3-1)38-28-42-47(48-46(38)37-17-7-11-21-44(37)51-48)36-25-23-30(31-22-24-35-34-16-6-10-20-43(34)50-45(35)27-31)26-41(36)49(42)39-18-8-4-14-32(39)33-15-5-9-19-40(33)49/h1-28H. The Balaban J connectivity index is 1.22. The van der Waals surface area contributed by atoms with E-state index < -0.39 is 5.41 Å². The van der Waals surface area contributed by atoms with Crippen molar-refractivity contribution in [2.24, 2.45) is 0 Å². The van der Waals surface area contributed by atoms with Crippen LogP contribution in [0.1, 0.15) is 22.3 Å². The van der Waals surface area contributed by atoms with Crippen molar-refractivity contribution in [1.29, 1.82) is 0 Å². The molecule has 0 radical (unpaired) electrons. The van der Waals surface area contributed by atoms with E-state index in [1.54, 1.807) is 0 Å². The van der Waals surface area contributed by atoms with Crippen LogP contribution in [0.5, 0.6) is 0 Å². The predicted molar refractivity (Wildman–Crippen MR) is 208 cm³/mol. The first-order valence-corrected chi connectivity index (χ1v) is 17.6. The van der Waals surface area contributed by atoms with Crippen LogP contribution in [0.15, 0.2) is 179 Å². The molecule has 0 N–H and O–H groups in total. The Labute approximate surface area is 293 Å². The first kappa shape index (κ1) is 27.2. The molecule has 2 heterocycles. The van der Waals surface area contributed by atoms with Crippen LogP contribution >= 0.6 is 0 Å². The fourth-order valence-corrected chi connectivity index (χ4v) is 9.43. The minimum Gasteiger partial charge on any atom is -0.456 e. The smallest absolute Gasteiger partial charge is 0.144 e. The molecule has 0 fully saturated rings. The highest BCUT2D eigenvalue weighted by Gasteiger charge is 2.53. The molecule has 51 heavy (non-hydrogen) atoms. The Hall–Kier alpha value is -6.64. The summed E-state index contributed by atoms with van der Waals surface area (Å²) in [6.07, 6.45) is 0. The molecule has 0 aliphatic heterocycles. The highest BCUT2D eigenvalue weighted by Crippen LogP contribution is 2.65. The van der Waals surface area contributed by atoms with Gasteiger partial charge in [0.25, 0.3) is 0 Å². The molecule has 236 valence electrons. The molecule has 0 amide bonds. The molecule has 0 unspecified atom stereocenters. The van der Waals surface area contributed by atoms with Gasteiger partial charge < -0.3 is 8.83 Å². The van der Waals surface area contributed by atoms with Gasteiger partial charge in [0.2, 0.25) is 0 Å². The van der Waals surface area contributed by atoms with E-state index in [1.165, 1.54) is 55.6 Å². The summed E-state index contributed by atoms with van der Waals surface area (Å²) in [5, 5.41) is 4.58. The average molecular weight is 649 g/mol. The van der Waals surface area contributed by atoms with Crippen LogP contribution in [0.3, 0.4) is 0 Å². The number of furan rings is 2. The Bertz CT molecular complexity index is 3040. The van der Waals surface area contributed by atoms with Crippen LogP contribution in [0.4, 0.5) is 0 Å². The third kappa shape index (κ3) is 3.42. The monoisotopic (exact) mass is 648 g/mol. The van der Waals surface area contributed by atoms with Gasteiger partial charge >= 0.3 is 0 Å². The van der Waals surface area contributed by atoms with Crippen molar-refractivity contribution in [2.45, 2.75) is 5.41 Å². The lowest BCUT2D eigenvalue weighted by atomic mass is 9.69. The molecule has 2 aromatic heterocycles. The molecule has 10 aromatic rings. The van der Waals surface area contributed by atoms with Gasteiger partial charge in [-0.3, -0.25) is 0 Å². The van der Waals surface area contributed by atoms with E-state index in [-0.39, 0.29) is 0 Å². The van der Waals surface area contributed by atoms with Crippen molar-refractivity contribution < 1.29 is 8.83 Å². The Morgan fingerprint density at radius 3 is 1.73 bits per heavy atom. The van der Waals surface area contributed by atoms with Crippen LogP contribution < -0.4 is 0 Å². The summed E-state index contributed by atoms with van der Waals surface area (Å²) in [5.41, 5.74) is 17.9. The lowest BCUT2D eigenvalue weighted by Crippen LogP contribution is -2.26. The molecular formula is C49H28O2. The summed E-state index contributed by atoms with van der Waals surface area (Å²) in [4.78, 5) is 0. The zero-order valence-corrected chi connectivity index (χ0v) is 27.5. The number of hydrogen-bond acceptors (Lipinski definition) is 2. The van der Waals surface area contributed by atoms with Gasteiger partial charge in [-0.1, -0.05) is 133 Å². The van der Waals surface area contributed by atoms with Crippen LogP contribution in [-0.4, -0.2) is 0 Å². The minimum absolute atomic E-state index is 0.534. The van der Waals surface area contributed by atoms with Gasteiger partial charge in [-0.2, -0.15) is 0 Å². The minimum atomic E-state index is -0.534. The van der Waals surface area contributed by atoms with Crippen molar-refractivity contribution >= 4 is 43.9 Å². The van der Waals surface area contributed by atoms with Gasteiger partial charge in [0.15, 0.2) is 0 Å². The summed E-state index contributed by atoms with van der Waals surface area (Å²) in [6.45, 7) is 0. The summed E-state index contributed by atoms with van der Waals surface area (Å²) in [7, 11) is 0. The van der Waals surface area contributed by atoms with E-state index in [9.17, 15) is 0 Å². The highest BCUT2D eigenvalue weighted by atomic mass is 16.3. The van der Waals surface area contributed by atoms with Crippen molar-refractivity contribution in [3.05, 3.63) is 192 Å². The van der Waals surface area contributed by atoms with E-state index in [0.717, 1.165) is 55.0 Å². The molecule has 12 rings (SSSR count). The first-order chi connectivity index (χ1) is 25.3. The summed E-state index contributed by atoms with van der Waals surface area (Å²) >= 11 is 0. The predicted octanol–water partition coefficient (Wildman–Crippen LogP) is 13.2. The SMILES string of the molecule is c1ccc(-c2cc3c(c4oc5ccccc5c24)-c2ccc(-c4ccc5c(c4)oc4ccccc45)cc2C32c3ccccc3-c3ccccc32)cc1. The van der Waals surface area contributed by atoms with Crippen molar-refractivity contribution in [2.75, 3.05) is 0 Å². The van der Waals surface area contributed by atoms with E-state index in [4.69, 9.17) is 8.83 Å². The molecule has 2 aliphatic carbocycles. The number of benzene rings is 8. The maximum absolute atomic E-state index is 6.97. The van der Waals surface area contributed by atoms with E-state index in [0.29, 0.717) is 0 Å². The maximum atomic E-state index is 6.97. The molecule has 8 aromatic carbocycles. The van der Waals surface area contributed by atoms with Gasteiger partial charge in [0.05, 0.1) is 5.41 Å².